The first-order chi connectivity index (χ1) is 15.1. The Bertz CT molecular complexity index is 1150. The molecule has 0 aliphatic carbocycles. The van der Waals surface area contributed by atoms with Gasteiger partial charge in [0.1, 0.15) is 0 Å². The Hall–Kier alpha value is -3.05. The number of carbonyl (C=O) groups excluding carboxylic acids is 2. The lowest BCUT2D eigenvalue weighted by atomic mass is 10.1. The van der Waals surface area contributed by atoms with Crippen LogP contribution in [-0.2, 0) is 4.79 Å². The fraction of sp³-hybridized carbons (Fsp3) is 0.280. The van der Waals surface area contributed by atoms with Gasteiger partial charge in [-0.2, -0.15) is 0 Å². The lowest BCUT2D eigenvalue weighted by molar-refractivity contribution is -0.131. The Morgan fingerprint density at radius 2 is 1.68 bits per heavy atom. The summed E-state index contributed by atoms with van der Waals surface area (Å²) in [4.78, 5) is 31.6. The molecule has 2 aliphatic rings. The van der Waals surface area contributed by atoms with Crippen LogP contribution in [0.25, 0.3) is 10.8 Å². The number of hydrogen-bond acceptors (Lipinski definition) is 3. The van der Waals surface area contributed by atoms with Crippen molar-refractivity contribution >= 4 is 45.6 Å². The molecule has 2 aliphatic heterocycles. The van der Waals surface area contributed by atoms with Crippen molar-refractivity contribution < 1.29 is 9.59 Å². The summed E-state index contributed by atoms with van der Waals surface area (Å²) in [5.41, 5.74) is 2.82. The smallest absolute Gasteiger partial charge is 0.258 e. The standard InChI is InChI=1S/C25H24ClN3O2/c26-19-7-3-8-20(17-19)27-13-15-28(16-14-27)23(30)11-4-12-29-22-10-2-6-18-5-1-9-21(24(18)22)25(29)31/h1-3,5-10,17H,4,11-16H2. The van der Waals surface area contributed by atoms with Crippen molar-refractivity contribution in [2.24, 2.45) is 0 Å². The molecule has 3 aromatic carbocycles. The van der Waals surface area contributed by atoms with E-state index in [4.69, 9.17) is 11.6 Å². The third kappa shape index (κ3) is 3.74. The first-order valence-corrected chi connectivity index (χ1v) is 11.1. The number of halogens is 1. The topological polar surface area (TPSA) is 43.9 Å². The Morgan fingerprint density at radius 1 is 0.935 bits per heavy atom. The molecular weight excluding hydrogens is 410 g/mol. The second kappa shape index (κ2) is 8.23. The number of benzene rings is 3. The maximum Gasteiger partial charge on any atom is 0.258 e. The number of rotatable bonds is 5. The number of nitrogens with zero attached hydrogens (tertiary/aromatic N) is 3. The van der Waals surface area contributed by atoms with Gasteiger partial charge in [-0.25, -0.2) is 0 Å². The Balaban J connectivity index is 1.16. The highest BCUT2D eigenvalue weighted by Crippen LogP contribution is 2.37. The predicted octanol–water partition coefficient (Wildman–Crippen LogP) is 4.58. The summed E-state index contributed by atoms with van der Waals surface area (Å²) in [6.45, 7) is 3.57. The fourth-order valence-electron chi connectivity index (χ4n) is 4.63. The van der Waals surface area contributed by atoms with E-state index in [2.05, 4.69) is 11.0 Å². The van der Waals surface area contributed by atoms with Gasteiger partial charge in [0.15, 0.2) is 0 Å². The van der Waals surface area contributed by atoms with Crippen LogP contribution in [0.3, 0.4) is 0 Å². The summed E-state index contributed by atoms with van der Waals surface area (Å²) in [5, 5.41) is 2.84. The molecule has 0 unspecified atom stereocenters. The van der Waals surface area contributed by atoms with Crippen LogP contribution in [-0.4, -0.2) is 49.4 Å². The van der Waals surface area contributed by atoms with Gasteiger partial charge in [-0.15, -0.1) is 0 Å². The summed E-state index contributed by atoms with van der Waals surface area (Å²) < 4.78 is 0. The first-order valence-electron chi connectivity index (χ1n) is 10.7. The highest BCUT2D eigenvalue weighted by molar-refractivity contribution is 6.30. The molecule has 1 fully saturated rings. The van der Waals surface area contributed by atoms with E-state index in [0.717, 1.165) is 45.8 Å². The second-order valence-electron chi connectivity index (χ2n) is 8.09. The number of hydrogen-bond donors (Lipinski definition) is 0. The number of carbonyl (C=O) groups is 2. The van der Waals surface area contributed by atoms with Crippen molar-refractivity contribution in [1.29, 1.82) is 0 Å². The summed E-state index contributed by atoms with van der Waals surface area (Å²) in [7, 11) is 0. The minimum absolute atomic E-state index is 0.0365. The van der Waals surface area contributed by atoms with E-state index in [0.29, 0.717) is 32.5 Å². The number of piperazine rings is 1. The van der Waals surface area contributed by atoms with Gasteiger partial charge >= 0.3 is 0 Å². The van der Waals surface area contributed by atoms with Crippen LogP contribution in [0.5, 0.6) is 0 Å². The molecule has 0 atom stereocenters. The van der Waals surface area contributed by atoms with E-state index in [1.807, 2.05) is 64.4 Å². The average Bonchev–Trinajstić information content (AvgIpc) is 3.07. The van der Waals surface area contributed by atoms with Crippen LogP contribution >= 0.6 is 11.6 Å². The molecule has 0 aromatic heterocycles. The zero-order valence-electron chi connectivity index (χ0n) is 17.3. The SMILES string of the molecule is O=C(CCCN1C(=O)c2cccc3cccc1c23)N1CCN(c2cccc(Cl)c2)CC1. The first kappa shape index (κ1) is 19.9. The van der Waals surface area contributed by atoms with Gasteiger partial charge in [-0.3, -0.25) is 9.59 Å². The summed E-state index contributed by atoms with van der Waals surface area (Å²) in [6.07, 6.45) is 1.11. The van der Waals surface area contributed by atoms with E-state index in [9.17, 15) is 9.59 Å². The molecule has 5 rings (SSSR count). The number of amides is 2. The summed E-state index contributed by atoms with van der Waals surface area (Å²) >= 11 is 6.10. The van der Waals surface area contributed by atoms with Crippen LogP contribution in [0.15, 0.2) is 60.7 Å². The van der Waals surface area contributed by atoms with Crippen molar-refractivity contribution in [2.45, 2.75) is 12.8 Å². The normalized spacial score (nSPS) is 15.8. The lowest BCUT2D eigenvalue weighted by Crippen LogP contribution is -2.48. The van der Waals surface area contributed by atoms with Crippen molar-refractivity contribution in [3.05, 3.63) is 71.2 Å². The van der Waals surface area contributed by atoms with Gasteiger partial charge in [-0.05, 0) is 42.1 Å². The van der Waals surface area contributed by atoms with Crippen molar-refractivity contribution in [3.63, 3.8) is 0 Å². The molecule has 0 bridgehead atoms. The minimum atomic E-state index is 0.0365. The highest BCUT2D eigenvalue weighted by atomic mass is 35.5. The molecule has 1 saturated heterocycles. The van der Waals surface area contributed by atoms with Crippen molar-refractivity contribution in [1.82, 2.24) is 4.90 Å². The quantitative estimate of drug-likeness (QED) is 0.591. The van der Waals surface area contributed by atoms with Gasteiger partial charge in [0.25, 0.3) is 5.91 Å². The monoisotopic (exact) mass is 433 g/mol. The molecule has 158 valence electrons. The van der Waals surface area contributed by atoms with Crippen LogP contribution in [0.2, 0.25) is 5.02 Å². The molecule has 31 heavy (non-hydrogen) atoms. The largest absolute Gasteiger partial charge is 0.368 e. The predicted molar refractivity (Wildman–Crippen MR) is 125 cm³/mol. The molecule has 0 spiro atoms. The molecule has 2 amide bonds. The van der Waals surface area contributed by atoms with Crippen molar-refractivity contribution in [2.75, 3.05) is 42.5 Å². The van der Waals surface area contributed by atoms with Gasteiger partial charge in [0, 0.05) is 60.8 Å². The number of anilines is 2. The average molecular weight is 434 g/mol. The Morgan fingerprint density at radius 3 is 2.45 bits per heavy atom. The van der Waals surface area contributed by atoms with E-state index < -0.39 is 0 Å². The molecule has 0 N–H and O–H groups in total. The van der Waals surface area contributed by atoms with Gasteiger partial charge in [-0.1, -0.05) is 41.9 Å². The Kier molecular flexibility index (Phi) is 5.28. The summed E-state index contributed by atoms with van der Waals surface area (Å²) in [5.74, 6) is 0.197. The van der Waals surface area contributed by atoms with Gasteiger partial charge in [0.2, 0.25) is 5.91 Å². The highest BCUT2D eigenvalue weighted by Gasteiger charge is 2.29. The maximum absolute atomic E-state index is 12.9. The fourth-order valence-corrected chi connectivity index (χ4v) is 4.82. The zero-order chi connectivity index (χ0) is 21.4. The maximum atomic E-state index is 12.9. The van der Waals surface area contributed by atoms with Crippen LogP contribution < -0.4 is 9.80 Å². The second-order valence-corrected chi connectivity index (χ2v) is 8.53. The molecule has 0 radical (unpaired) electrons. The third-order valence-electron chi connectivity index (χ3n) is 6.23. The van der Waals surface area contributed by atoms with Gasteiger partial charge < -0.3 is 14.7 Å². The third-order valence-corrected chi connectivity index (χ3v) is 6.46. The van der Waals surface area contributed by atoms with E-state index in [1.165, 1.54) is 0 Å². The van der Waals surface area contributed by atoms with E-state index >= 15 is 0 Å². The van der Waals surface area contributed by atoms with Gasteiger partial charge in [0.05, 0.1) is 5.69 Å². The van der Waals surface area contributed by atoms with Crippen LogP contribution in [0.4, 0.5) is 11.4 Å². The molecule has 6 heteroatoms. The molecule has 5 nitrogen and oxygen atoms in total. The van der Waals surface area contributed by atoms with Crippen molar-refractivity contribution in [3.8, 4) is 0 Å². The molecule has 2 heterocycles. The van der Waals surface area contributed by atoms with E-state index in [-0.39, 0.29) is 11.8 Å². The zero-order valence-corrected chi connectivity index (χ0v) is 18.0. The van der Waals surface area contributed by atoms with Crippen LogP contribution in [0.1, 0.15) is 23.2 Å². The molecule has 0 saturated carbocycles. The molecular formula is C25H24ClN3O2. The van der Waals surface area contributed by atoms with Crippen LogP contribution in [0, 0.1) is 0 Å². The lowest BCUT2D eigenvalue weighted by Gasteiger charge is -2.36. The van der Waals surface area contributed by atoms with E-state index in [1.54, 1.807) is 0 Å². The molecule has 3 aromatic rings. The Labute approximate surface area is 186 Å². The summed E-state index contributed by atoms with van der Waals surface area (Å²) in [6, 6.07) is 19.7. The minimum Gasteiger partial charge on any atom is -0.368 e.